The quantitative estimate of drug-likeness (QED) is 0.725. The SMILES string of the molecule is CC(=O)c1ccc(N2CC(C(C)C)C2)cc1. The molecule has 16 heavy (non-hydrogen) atoms. The molecule has 0 unspecified atom stereocenters. The smallest absolute Gasteiger partial charge is 0.159 e. The molecule has 0 aliphatic carbocycles. The van der Waals surface area contributed by atoms with Gasteiger partial charge in [0.15, 0.2) is 5.78 Å². The number of ketones is 1. The third-order valence-electron chi connectivity index (χ3n) is 3.49. The van der Waals surface area contributed by atoms with Crippen LogP contribution in [0.1, 0.15) is 31.1 Å². The van der Waals surface area contributed by atoms with E-state index in [1.165, 1.54) is 5.69 Å². The molecule has 1 aliphatic heterocycles. The van der Waals surface area contributed by atoms with Gasteiger partial charge in [-0.15, -0.1) is 0 Å². The van der Waals surface area contributed by atoms with Crippen LogP contribution in [0.25, 0.3) is 0 Å². The molecule has 2 heteroatoms. The first-order valence-electron chi connectivity index (χ1n) is 5.94. The van der Waals surface area contributed by atoms with Gasteiger partial charge in [-0.25, -0.2) is 0 Å². The molecule has 0 amide bonds. The maximum absolute atomic E-state index is 11.1. The molecule has 2 nitrogen and oxygen atoms in total. The van der Waals surface area contributed by atoms with Crippen molar-refractivity contribution in [1.82, 2.24) is 0 Å². The molecule has 1 saturated heterocycles. The minimum Gasteiger partial charge on any atom is -0.371 e. The van der Waals surface area contributed by atoms with Gasteiger partial charge in [0, 0.05) is 24.3 Å². The van der Waals surface area contributed by atoms with Crippen molar-refractivity contribution in [2.24, 2.45) is 11.8 Å². The molecule has 1 fully saturated rings. The van der Waals surface area contributed by atoms with Crippen molar-refractivity contribution in [1.29, 1.82) is 0 Å². The fourth-order valence-corrected chi connectivity index (χ4v) is 2.05. The van der Waals surface area contributed by atoms with Gasteiger partial charge in [0.05, 0.1) is 0 Å². The van der Waals surface area contributed by atoms with Gasteiger partial charge in [0.25, 0.3) is 0 Å². The summed E-state index contributed by atoms with van der Waals surface area (Å²) in [5.41, 5.74) is 2.03. The summed E-state index contributed by atoms with van der Waals surface area (Å²) < 4.78 is 0. The first-order valence-corrected chi connectivity index (χ1v) is 5.94. The van der Waals surface area contributed by atoms with Crippen molar-refractivity contribution in [3.63, 3.8) is 0 Å². The number of benzene rings is 1. The molecular formula is C14H19NO. The summed E-state index contributed by atoms with van der Waals surface area (Å²) in [5, 5.41) is 0. The Balaban J connectivity index is 1.99. The van der Waals surface area contributed by atoms with Crippen LogP contribution in [0, 0.1) is 11.8 Å². The monoisotopic (exact) mass is 217 g/mol. The number of hydrogen-bond donors (Lipinski definition) is 0. The standard InChI is InChI=1S/C14H19NO/c1-10(2)13-8-15(9-13)14-6-4-12(5-7-14)11(3)16/h4-7,10,13H,8-9H2,1-3H3. The van der Waals surface area contributed by atoms with Gasteiger partial charge in [-0.1, -0.05) is 13.8 Å². The van der Waals surface area contributed by atoms with Crippen molar-refractivity contribution >= 4 is 11.5 Å². The molecule has 1 aliphatic rings. The third kappa shape index (κ3) is 2.11. The summed E-state index contributed by atoms with van der Waals surface area (Å²) in [5.74, 6) is 1.73. The zero-order valence-corrected chi connectivity index (χ0v) is 10.2. The van der Waals surface area contributed by atoms with Crippen LogP contribution in [0.4, 0.5) is 5.69 Å². The fraction of sp³-hybridized carbons (Fsp3) is 0.500. The number of hydrogen-bond acceptors (Lipinski definition) is 2. The molecule has 1 heterocycles. The minimum atomic E-state index is 0.134. The van der Waals surface area contributed by atoms with Gasteiger partial charge < -0.3 is 4.90 Å². The second-order valence-corrected chi connectivity index (χ2v) is 5.01. The van der Waals surface area contributed by atoms with Crippen molar-refractivity contribution in [2.45, 2.75) is 20.8 Å². The minimum absolute atomic E-state index is 0.134. The van der Waals surface area contributed by atoms with Crippen LogP contribution in [0.15, 0.2) is 24.3 Å². The molecule has 2 rings (SSSR count). The summed E-state index contributed by atoms with van der Waals surface area (Å²) in [6.45, 7) is 8.46. The first-order chi connectivity index (χ1) is 7.58. The van der Waals surface area contributed by atoms with Crippen molar-refractivity contribution in [3.8, 4) is 0 Å². The van der Waals surface area contributed by atoms with Crippen LogP contribution in [0.5, 0.6) is 0 Å². The highest BCUT2D eigenvalue weighted by Crippen LogP contribution is 2.29. The highest BCUT2D eigenvalue weighted by Gasteiger charge is 2.28. The lowest BCUT2D eigenvalue weighted by atomic mass is 9.88. The van der Waals surface area contributed by atoms with Crippen LogP contribution in [-0.4, -0.2) is 18.9 Å². The molecule has 0 radical (unpaired) electrons. The van der Waals surface area contributed by atoms with E-state index in [0.717, 1.165) is 30.5 Å². The van der Waals surface area contributed by atoms with Crippen LogP contribution >= 0.6 is 0 Å². The molecule has 1 aromatic carbocycles. The lowest BCUT2D eigenvalue weighted by molar-refractivity contribution is 0.101. The summed E-state index contributed by atoms with van der Waals surface area (Å²) in [6, 6.07) is 7.93. The Hall–Kier alpha value is -1.31. The summed E-state index contributed by atoms with van der Waals surface area (Å²) in [6.07, 6.45) is 0. The zero-order valence-electron chi connectivity index (χ0n) is 10.2. The molecule has 0 saturated carbocycles. The predicted molar refractivity (Wildman–Crippen MR) is 67.0 cm³/mol. The normalized spacial score (nSPS) is 16.4. The Labute approximate surface area is 97.3 Å². The second kappa shape index (κ2) is 4.28. The van der Waals surface area contributed by atoms with Gasteiger partial charge in [-0.05, 0) is 43.0 Å². The fourth-order valence-electron chi connectivity index (χ4n) is 2.05. The second-order valence-electron chi connectivity index (χ2n) is 5.01. The maximum atomic E-state index is 11.1. The van der Waals surface area contributed by atoms with E-state index in [0.29, 0.717) is 0 Å². The van der Waals surface area contributed by atoms with Crippen LogP contribution in [-0.2, 0) is 0 Å². The summed E-state index contributed by atoms with van der Waals surface area (Å²) >= 11 is 0. The van der Waals surface area contributed by atoms with Crippen molar-refractivity contribution in [3.05, 3.63) is 29.8 Å². The Bertz CT molecular complexity index is 374. The van der Waals surface area contributed by atoms with Crippen LogP contribution in [0.3, 0.4) is 0 Å². The molecule has 0 aromatic heterocycles. The van der Waals surface area contributed by atoms with E-state index in [2.05, 4.69) is 18.7 Å². The Morgan fingerprint density at radius 1 is 1.25 bits per heavy atom. The first kappa shape index (κ1) is 11.2. The molecule has 86 valence electrons. The van der Waals surface area contributed by atoms with Gasteiger partial charge in [0.1, 0.15) is 0 Å². The van der Waals surface area contributed by atoms with E-state index in [1.54, 1.807) is 6.92 Å². The molecule has 0 N–H and O–H groups in total. The third-order valence-corrected chi connectivity index (χ3v) is 3.49. The number of carbonyl (C=O) groups is 1. The van der Waals surface area contributed by atoms with Gasteiger partial charge in [-0.2, -0.15) is 0 Å². The number of nitrogens with zero attached hydrogens (tertiary/aromatic N) is 1. The largest absolute Gasteiger partial charge is 0.371 e. The number of carbonyl (C=O) groups excluding carboxylic acids is 1. The van der Waals surface area contributed by atoms with E-state index in [9.17, 15) is 4.79 Å². The Morgan fingerprint density at radius 2 is 1.81 bits per heavy atom. The van der Waals surface area contributed by atoms with E-state index in [-0.39, 0.29) is 5.78 Å². The van der Waals surface area contributed by atoms with Gasteiger partial charge >= 0.3 is 0 Å². The summed E-state index contributed by atoms with van der Waals surface area (Å²) in [4.78, 5) is 13.5. The van der Waals surface area contributed by atoms with Crippen LogP contribution in [0.2, 0.25) is 0 Å². The van der Waals surface area contributed by atoms with Gasteiger partial charge in [0.2, 0.25) is 0 Å². The maximum Gasteiger partial charge on any atom is 0.159 e. The lowest BCUT2D eigenvalue weighted by Crippen LogP contribution is -2.49. The molecule has 0 atom stereocenters. The Kier molecular flexibility index (Phi) is 2.99. The average Bonchev–Trinajstić information content (AvgIpc) is 2.15. The zero-order chi connectivity index (χ0) is 11.7. The lowest BCUT2D eigenvalue weighted by Gasteiger charge is -2.43. The molecule has 1 aromatic rings. The number of Topliss-reactive ketones (excluding diaryl/α,β-unsaturated/α-hetero) is 1. The number of anilines is 1. The highest BCUT2D eigenvalue weighted by molar-refractivity contribution is 5.94. The van der Waals surface area contributed by atoms with Crippen LogP contribution < -0.4 is 4.90 Å². The molecule has 0 spiro atoms. The van der Waals surface area contributed by atoms with Crippen molar-refractivity contribution in [2.75, 3.05) is 18.0 Å². The van der Waals surface area contributed by atoms with E-state index in [1.807, 2.05) is 24.3 Å². The van der Waals surface area contributed by atoms with E-state index >= 15 is 0 Å². The molecule has 0 bridgehead atoms. The average molecular weight is 217 g/mol. The van der Waals surface area contributed by atoms with E-state index < -0.39 is 0 Å². The summed E-state index contributed by atoms with van der Waals surface area (Å²) in [7, 11) is 0. The van der Waals surface area contributed by atoms with Gasteiger partial charge in [-0.3, -0.25) is 4.79 Å². The number of rotatable bonds is 3. The van der Waals surface area contributed by atoms with Crippen molar-refractivity contribution < 1.29 is 4.79 Å². The highest BCUT2D eigenvalue weighted by atomic mass is 16.1. The topological polar surface area (TPSA) is 20.3 Å². The molecular weight excluding hydrogens is 198 g/mol. The Morgan fingerprint density at radius 3 is 2.25 bits per heavy atom. The van der Waals surface area contributed by atoms with E-state index in [4.69, 9.17) is 0 Å². The predicted octanol–water partition coefficient (Wildman–Crippen LogP) is 2.98.